The number of aromatic nitrogens is 2. The second kappa shape index (κ2) is 8.33. The largest absolute Gasteiger partial charge is 0.392 e. The van der Waals surface area contributed by atoms with Crippen LogP contribution in [-0.2, 0) is 0 Å². The third kappa shape index (κ3) is 4.44. The molecular formula is C20H17ClFN3O3. The highest BCUT2D eigenvalue weighted by Gasteiger charge is 2.18. The van der Waals surface area contributed by atoms with Gasteiger partial charge in [-0.3, -0.25) is 9.59 Å². The first-order valence-electron chi connectivity index (χ1n) is 8.47. The summed E-state index contributed by atoms with van der Waals surface area (Å²) in [5.41, 5.74) is 0.267. The normalized spacial score (nSPS) is 11.9. The van der Waals surface area contributed by atoms with Gasteiger partial charge in [0.2, 0.25) is 0 Å². The van der Waals surface area contributed by atoms with Gasteiger partial charge in [-0.15, -0.1) is 0 Å². The lowest BCUT2D eigenvalue weighted by molar-refractivity contribution is 0.0922. The van der Waals surface area contributed by atoms with Gasteiger partial charge >= 0.3 is 0 Å². The summed E-state index contributed by atoms with van der Waals surface area (Å²) in [4.78, 5) is 25.3. The molecule has 0 saturated heterocycles. The molecule has 3 aromatic rings. The Kier molecular flexibility index (Phi) is 5.87. The van der Waals surface area contributed by atoms with E-state index in [1.54, 1.807) is 24.3 Å². The van der Waals surface area contributed by atoms with Crippen molar-refractivity contribution in [2.45, 2.75) is 13.0 Å². The predicted octanol–water partition coefficient (Wildman–Crippen LogP) is 2.80. The highest BCUT2D eigenvalue weighted by Crippen LogP contribution is 2.20. The van der Waals surface area contributed by atoms with Crippen LogP contribution in [0.25, 0.3) is 16.9 Å². The summed E-state index contributed by atoms with van der Waals surface area (Å²) in [6, 6.07) is 13.4. The maximum atomic E-state index is 13.7. The van der Waals surface area contributed by atoms with E-state index in [4.69, 9.17) is 11.6 Å². The molecule has 8 heteroatoms. The van der Waals surface area contributed by atoms with Crippen molar-refractivity contribution in [3.63, 3.8) is 0 Å². The Morgan fingerprint density at radius 2 is 1.96 bits per heavy atom. The van der Waals surface area contributed by atoms with Crippen LogP contribution in [0.1, 0.15) is 17.3 Å². The molecule has 0 fully saturated rings. The number of nitrogens with one attached hydrogen (secondary N) is 1. The monoisotopic (exact) mass is 401 g/mol. The number of hydrogen-bond donors (Lipinski definition) is 2. The SMILES string of the molecule is C[C@@H](O)CNC(=O)c1cc(-c2ccc(Cl)cc2)nn(-c2cccc(F)c2)c1=O. The van der Waals surface area contributed by atoms with Crippen LogP contribution in [0.5, 0.6) is 0 Å². The number of carbonyl (C=O) groups is 1. The lowest BCUT2D eigenvalue weighted by Crippen LogP contribution is -2.36. The standard InChI is InChI=1S/C20H17ClFN3O3/c1-12(26)11-23-19(27)17-10-18(13-5-7-14(21)8-6-13)24-25(20(17)28)16-4-2-3-15(22)9-16/h2-10,12,26H,11H2,1H3,(H,23,27)/t12-/m1/s1. The van der Waals surface area contributed by atoms with E-state index in [0.717, 1.165) is 10.7 Å². The van der Waals surface area contributed by atoms with Gasteiger partial charge in [0.25, 0.3) is 11.5 Å². The Morgan fingerprint density at radius 3 is 2.61 bits per heavy atom. The summed E-state index contributed by atoms with van der Waals surface area (Å²) in [6.45, 7) is 1.49. The van der Waals surface area contributed by atoms with Crippen molar-refractivity contribution in [1.29, 1.82) is 0 Å². The van der Waals surface area contributed by atoms with Crippen molar-refractivity contribution in [1.82, 2.24) is 15.1 Å². The molecule has 28 heavy (non-hydrogen) atoms. The molecule has 2 aromatic carbocycles. The second-order valence-corrected chi connectivity index (χ2v) is 6.64. The zero-order valence-electron chi connectivity index (χ0n) is 14.9. The molecule has 0 aliphatic carbocycles. The average Bonchev–Trinajstić information content (AvgIpc) is 2.67. The molecule has 0 aliphatic rings. The van der Waals surface area contributed by atoms with E-state index in [-0.39, 0.29) is 17.8 Å². The van der Waals surface area contributed by atoms with Crippen LogP contribution in [0.4, 0.5) is 4.39 Å². The Balaban J connectivity index is 2.17. The van der Waals surface area contributed by atoms with Gasteiger partial charge in [-0.05, 0) is 43.3 Å². The van der Waals surface area contributed by atoms with E-state index in [1.165, 1.54) is 31.2 Å². The number of benzene rings is 2. The zero-order chi connectivity index (χ0) is 20.3. The van der Waals surface area contributed by atoms with Crippen LogP contribution in [0.15, 0.2) is 59.4 Å². The minimum absolute atomic E-state index is 0.0170. The first-order valence-corrected chi connectivity index (χ1v) is 8.85. The lowest BCUT2D eigenvalue weighted by atomic mass is 10.1. The molecule has 1 heterocycles. The summed E-state index contributed by atoms with van der Waals surface area (Å²) >= 11 is 5.92. The molecule has 0 bridgehead atoms. The molecule has 1 amide bonds. The van der Waals surface area contributed by atoms with E-state index in [2.05, 4.69) is 10.4 Å². The van der Waals surface area contributed by atoms with E-state index < -0.39 is 23.4 Å². The smallest absolute Gasteiger partial charge is 0.284 e. The quantitative estimate of drug-likeness (QED) is 0.688. The van der Waals surface area contributed by atoms with Gasteiger partial charge in [0, 0.05) is 17.1 Å². The fraction of sp³-hybridized carbons (Fsp3) is 0.150. The van der Waals surface area contributed by atoms with Crippen molar-refractivity contribution in [3.8, 4) is 16.9 Å². The molecule has 0 saturated carbocycles. The highest BCUT2D eigenvalue weighted by molar-refractivity contribution is 6.30. The zero-order valence-corrected chi connectivity index (χ0v) is 15.7. The topological polar surface area (TPSA) is 84.2 Å². The lowest BCUT2D eigenvalue weighted by Gasteiger charge is -2.12. The molecule has 0 radical (unpaired) electrons. The summed E-state index contributed by atoms with van der Waals surface area (Å²) in [5, 5.41) is 16.7. The molecule has 2 N–H and O–H groups in total. The minimum atomic E-state index is -0.771. The number of aliphatic hydroxyl groups excluding tert-OH is 1. The van der Waals surface area contributed by atoms with Crippen molar-refractivity contribution in [2.75, 3.05) is 6.54 Å². The molecular weight excluding hydrogens is 385 g/mol. The fourth-order valence-electron chi connectivity index (χ4n) is 2.54. The third-order valence-electron chi connectivity index (χ3n) is 3.91. The number of carbonyl (C=O) groups excluding carboxylic acids is 1. The molecule has 6 nitrogen and oxygen atoms in total. The number of halogens is 2. The van der Waals surface area contributed by atoms with E-state index in [1.807, 2.05) is 0 Å². The maximum absolute atomic E-state index is 13.7. The van der Waals surface area contributed by atoms with Crippen molar-refractivity contribution in [3.05, 3.63) is 81.4 Å². The van der Waals surface area contributed by atoms with E-state index in [0.29, 0.717) is 16.3 Å². The summed E-state index contributed by atoms with van der Waals surface area (Å²) in [7, 11) is 0. The van der Waals surface area contributed by atoms with Gasteiger partial charge in [-0.1, -0.05) is 29.8 Å². The number of amides is 1. The molecule has 1 aromatic heterocycles. The molecule has 1 atom stereocenters. The predicted molar refractivity (Wildman–Crippen MR) is 104 cm³/mol. The van der Waals surface area contributed by atoms with Gasteiger partial charge in [0.1, 0.15) is 11.4 Å². The summed E-state index contributed by atoms with van der Waals surface area (Å²) in [6.07, 6.45) is -0.771. The third-order valence-corrected chi connectivity index (χ3v) is 4.16. The van der Waals surface area contributed by atoms with Gasteiger partial charge in [-0.25, -0.2) is 4.39 Å². The first-order chi connectivity index (χ1) is 13.3. The number of hydrogen-bond acceptors (Lipinski definition) is 4. The molecule has 3 rings (SSSR count). The molecule has 0 spiro atoms. The van der Waals surface area contributed by atoms with Crippen molar-refractivity contribution in [2.24, 2.45) is 0 Å². The van der Waals surface area contributed by atoms with Crippen LogP contribution < -0.4 is 10.9 Å². The molecule has 0 unspecified atom stereocenters. The van der Waals surface area contributed by atoms with Gasteiger partial charge in [0.05, 0.1) is 17.5 Å². The Bertz CT molecular complexity index is 1070. The van der Waals surface area contributed by atoms with Crippen molar-refractivity contribution < 1.29 is 14.3 Å². The van der Waals surface area contributed by atoms with Crippen LogP contribution in [-0.4, -0.2) is 33.4 Å². The van der Waals surface area contributed by atoms with Crippen LogP contribution in [0, 0.1) is 5.82 Å². The Hall–Kier alpha value is -3.03. The Morgan fingerprint density at radius 1 is 1.25 bits per heavy atom. The molecule has 144 valence electrons. The maximum Gasteiger partial charge on any atom is 0.284 e. The second-order valence-electron chi connectivity index (χ2n) is 6.21. The fourth-order valence-corrected chi connectivity index (χ4v) is 2.66. The number of rotatable bonds is 5. The number of nitrogens with zero attached hydrogens (tertiary/aromatic N) is 2. The van der Waals surface area contributed by atoms with E-state index in [9.17, 15) is 19.1 Å². The van der Waals surface area contributed by atoms with Gasteiger partial charge in [0.15, 0.2) is 0 Å². The van der Waals surface area contributed by atoms with Crippen LogP contribution in [0.2, 0.25) is 5.02 Å². The minimum Gasteiger partial charge on any atom is -0.392 e. The van der Waals surface area contributed by atoms with Crippen LogP contribution in [0.3, 0.4) is 0 Å². The first kappa shape index (κ1) is 19.7. The van der Waals surface area contributed by atoms with Crippen molar-refractivity contribution >= 4 is 17.5 Å². The van der Waals surface area contributed by atoms with Gasteiger partial charge < -0.3 is 10.4 Å². The Labute approximate surface area is 165 Å². The molecule has 0 aliphatic heterocycles. The highest BCUT2D eigenvalue weighted by atomic mass is 35.5. The van der Waals surface area contributed by atoms with Crippen LogP contribution >= 0.6 is 11.6 Å². The summed E-state index contributed by atoms with van der Waals surface area (Å²) in [5.74, 6) is -1.20. The summed E-state index contributed by atoms with van der Waals surface area (Å²) < 4.78 is 14.6. The van der Waals surface area contributed by atoms with Gasteiger partial charge in [-0.2, -0.15) is 9.78 Å². The average molecular weight is 402 g/mol. The van der Waals surface area contributed by atoms with E-state index >= 15 is 0 Å². The number of aliphatic hydroxyl groups is 1.